The number of carbonyl (C=O) groups is 1. The Kier molecular flexibility index (Phi) is 9.57. The summed E-state index contributed by atoms with van der Waals surface area (Å²) < 4.78 is 6.08. The smallest absolute Gasteiger partial charge is 0.314 e. The highest BCUT2D eigenvalue weighted by Crippen LogP contribution is 2.35. The summed E-state index contributed by atoms with van der Waals surface area (Å²) in [5.41, 5.74) is 9.60. The van der Waals surface area contributed by atoms with Crippen molar-refractivity contribution in [1.82, 2.24) is 9.80 Å². The van der Waals surface area contributed by atoms with E-state index in [4.69, 9.17) is 10.5 Å². The number of carbonyl (C=O) groups excluding carboxylic acids is 1. The average molecular weight is 444 g/mol. The van der Waals surface area contributed by atoms with Crippen LogP contribution in [0.1, 0.15) is 58.8 Å². The molecular formula is C26H41N3O3. The molecular weight excluding hydrogens is 402 g/mol. The molecule has 3 aliphatic rings. The molecule has 32 heavy (non-hydrogen) atoms. The minimum absolute atomic E-state index is 0.0846. The van der Waals surface area contributed by atoms with Gasteiger partial charge < -0.3 is 20.5 Å². The molecule has 1 fully saturated rings. The maximum absolute atomic E-state index is 11.4. The van der Waals surface area contributed by atoms with Crippen LogP contribution in [-0.2, 0) is 4.74 Å². The van der Waals surface area contributed by atoms with Crippen molar-refractivity contribution in [2.24, 2.45) is 11.7 Å². The van der Waals surface area contributed by atoms with Crippen molar-refractivity contribution < 1.29 is 14.6 Å². The van der Waals surface area contributed by atoms with Gasteiger partial charge in [-0.25, -0.2) is 4.79 Å². The zero-order valence-corrected chi connectivity index (χ0v) is 19.8. The Balaban J connectivity index is 1.65. The van der Waals surface area contributed by atoms with Crippen molar-refractivity contribution in [2.75, 3.05) is 32.7 Å². The highest BCUT2D eigenvalue weighted by Gasteiger charge is 2.31. The fourth-order valence-corrected chi connectivity index (χ4v) is 4.76. The molecule has 3 N–H and O–H groups in total. The number of ether oxygens (including phenoxy) is 1. The summed E-state index contributed by atoms with van der Waals surface area (Å²) in [6.07, 6.45) is 17.7. The number of aliphatic hydroxyl groups excluding tert-OH is 1. The van der Waals surface area contributed by atoms with Gasteiger partial charge in [-0.05, 0) is 55.2 Å². The maximum Gasteiger partial charge on any atom is 0.314 e. The molecule has 0 aromatic rings. The van der Waals surface area contributed by atoms with Crippen LogP contribution >= 0.6 is 0 Å². The largest absolute Gasteiger partial charge is 0.368 e. The van der Waals surface area contributed by atoms with Crippen molar-refractivity contribution in [3.05, 3.63) is 47.1 Å². The van der Waals surface area contributed by atoms with E-state index in [1.807, 2.05) is 6.92 Å². The summed E-state index contributed by atoms with van der Waals surface area (Å²) in [7, 11) is 0. The van der Waals surface area contributed by atoms with E-state index in [0.29, 0.717) is 25.4 Å². The number of hydrogen-bond acceptors (Lipinski definition) is 4. The van der Waals surface area contributed by atoms with Crippen LogP contribution in [0.2, 0.25) is 0 Å². The molecule has 0 radical (unpaired) electrons. The van der Waals surface area contributed by atoms with Gasteiger partial charge >= 0.3 is 6.03 Å². The summed E-state index contributed by atoms with van der Waals surface area (Å²) in [6, 6.07) is -0.332. The highest BCUT2D eigenvalue weighted by molar-refractivity contribution is 5.72. The second-order valence-electron chi connectivity index (χ2n) is 9.20. The predicted octanol–water partition coefficient (Wildman–Crippen LogP) is 4.14. The molecule has 1 heterocycles. The van der Waals surface area contributed by atoms with Crippen molar-refractivity contribution in [1.29, 1.82) is 0 Å². The third-order valence-corrected chi connectivity index (χ3v) is 6.84. The molecule has 178 valence electrons. The number of nitrogens with zero attached hydrogens (tertiary/aromatic N) is 2. The van der Waals surface area contributed by atoms with Crippen molar-refractivity contribution >= 4 is 6.03 Å². The van der Waals surface area contributed by atoms with Gasteiger partial charge in [0.25, 0.3) is 0 Å². The van der Waals surface area contributed by atoms with Crippen LogP contribution in [0.4, 0.5) is 4.79 Å². The number of piperazine rings is 1. The van der Waals surface area contributed by atoms with E-state index < -0.39 is 6.29 Å². The first-order valence-corrected chi connectivity index (χ1v) is 12.4. The van der Waals surface area contributed by atoms with Gasteiger partial charge in [0.15, 0.2) is 6.29 Å². The number of hydrogen-bond donors (Lipinski definition) is 2. The van der Waals surface area contributed by atoms with Crippen LogP contribution in [0.25, 0.3) is 0 Å². The van der Waals surface area contributed by atoms with Gasteiger partial charge in [-0.2, -0.15) is 0 Å². The molecule has 0 aromatic heterocycles. The zero-order chi connectivity index (χ0) is 22.9. The van der Waals surface area contributed by atoms with Gasteiger partial charge in [0.05, 0.1) is 6.10 Å². The predicted molar refractivity (Wildman–Crippen MR) is 129 cm³/mol. The molecule has 1 saturated heterocycles. The van der Waals surface area contributed by atoms with Crippen molar-refractivity contribution in [3.8, 4) is 0 Å². The Labute approximate surface area is 193 Å². The lowest BCUT2D eigenvalue weighted by Gasteiger charge is -2.39. The number of amides is 2. The van der Waals surface area contributed by atoms with E-state index >= 15 is 0 Å². The van der Waals surface area contributed by atoms with Gasteiger partial charge in [-0.3, -0.25) is 4.90 Å². The lowest BCUT2D eigenvalue weighted by molar-refractivity contribution is -0.141. The third-order valence-electron chi connectivity index (χ3n) is 6.84. The molecule has 3 unspecified atom stereocenters. The van der Waals surface area contributed by atoms with Gasteiger partial charge in [0.2, 0.25) is 0 Å². The molecule has 6 nitrogen and oxygen atoms in total. The number of unbranched alkanes of at least 4 members (excludes halogenated alkanes) is 1. The van der Waals surface area contributed by atoms with Crippen molar-refractivity contribution in [2.45, 2.75) is 71.2 Å². The topological polar surface area (TPSA) is 79.0 Å². The number of allylic oxidation sites excluding steroid dienone is 7. The second kappa shape index (κ2) is 12.4. The van der Waals surface area contributed by atoms with Gasteiger partial charge in [-0.15, -0.1) is 0 Å². The van der Waals surface area contributed by atoms with E-state index in [9.17, 15) is 9.90 Å². The van der Waals surface area contributed by atoms with E-state index in [2.05, 4.69) is 42.2 Å². The van der Waals surface area contributed by atoms with Gasteiger partial charge in [0, 0.05) is 38.6 Å². The van der Waals surface area contributed by atoms with Gasteiger partial charge in [0.1, 0.15) is 0 Å². The maximum atomic E-state index is 11.4. The first-order chi connectivity index (χ1) is 15.5. The Morgan fingerprint density at radius 1 is 1.19 bits per heavy atom. The Morgan fingerprint density at radius 2 is 1.97 bits per heavy atom. The molecule has 6 heteroatoms. The minimum atomic E-state index is -0.736. The minimum Gasteiger partial charge on any atom is -0.368 e. The second-order valence-corrected chi connectivity index (χ2v) is 9.20. The fourth-order valence-electron chi connectivity index (χ4n) is 4.76. The summed E-state index contributed by atoms with van der Waals surface area (Å²) >= 11 is 0. The summed E-state index contributed by atoms with van der Waals surface area (Å²) in [5, 5.41) is 10.2. The molecule has 2 aliphatic carbocycles. The van der Waals surface area contributed by atoms with Crippen LogP contribution in [-0.4, -0.2) is 66.1 Å². The molecule has 0 bridgehead atoms. The number of aliphatic hydroxyl groups is 1. The van der Waals surface area contributed by atoms with Crippen LogP contribution in [0, 0.1) is 5.92 Å². The molecule has 0 spiro atoms. The van der Waals surface area contributed by atoms with Crippen LogP contribution < -0.4 is 5.73 Å². The molecule has 3 rings (SSSR count). The normalized spacial score (nSPS) is 26.0. The monoisotopic (exact) mass is 443 g/mol. The standard InChI is InChI=1S/C26H41N3O3/c1-3-5-6-7-20-8-10-21(11-9-20)22-12-13-23(24(18-22)32-25(30)4-2)19-28-14-16-29(17-15-28)26(27)31/h6-8,10,18,23-25,30H,3-5,9,11-17,19H2,1-2H3,(H2,27,31)/b7-6+. The average Bonchev–Trinajstić information content (AvgIpc) is 2.81. The van der Waals surface area contributed by atoms with E-state index in [1.54, 1.807) is 4.90 Å². The number of rotatable bonds is 9. The number of primary amides is 1. The fraction of sp³-hybridized carbons (Fsp3) is 0.654. The molecule has 1 aliphatic heterocycles. The third kappa shape index (κ3) is 7.06. The zero-order valence-electron chi connectivity index (χ0n) is 19.8. The lowest BCUT2D eigenvalue weighted by Crippen LogP contribution is -2.52. The molecule has 0 aromatic carbocycles. The van der Waals surface area contributed by atoms with E-state index in [-0.39, 0.29) is 12.1 Å². The first kappa shape index (κ1) is 24.7. The molecule has 0 saturated carbocycles. The van der Waals surface area contributed by atoms with Crippen LogP contribution in [0.15, 0.2) is 47.1 Å². The number of urea groups is 1. The number of nitrogens with two attached hydrogens (primary N) is 1. The van der Waals surface area contributed by atoms with Crippen molar-refractivity contribution in [3.63, 3.8) is 0 Å². The quantitative estimate of drug-likeness (QED) is 0.525. The van der Waals surface area contributed by atoms with Gasteiger partial charge in [-0.1, -0.05) is 50.6 Å². The van der Waals surface area contributed by atoms with Crippen LogP contribution in [0.5, 0.6) is 0 Å². The Hall–Kier alpha value is -1.89. The summed E-state index contributed by atoms with van der Waals surface area (Å²) in [4.78, 5) is 15.5. The molecule has 2 amide bonds. The Bertz CT molecular complexity index is 747. The first-order valence-electron chi connectivity index (χ1n) is 12.4. The van der Waals surface area contributed by atoms with Crippen LogP contribution in [0.3, 0.4) is 0 Å². The van der Waals surface area contributed by atoms with E-state index in [1.165, 1.54) is 23.1 Å². The Morgan fingerprint density at radius 3 is 2.59 bits per heavy atom. The van der Waals surface area contributed by atoms with E-state index in [0.717, 1.165) is 51.7 Å². The summed E-state index contributed by atoms with van der Waals surface area (Å²) in [6.45, 7) is 8.10. The lowest BCUT2D eigenvalue weighted by atomic mass is 9.81. The SMILES string of the molecule is CCC/C=C/C1=CC=C(C2=CC(OC(O)CC)C(CN3CCN(C(N)=O)CC3)CC2)CC1. The molecule has 3 atom stereocenters. The highest BCUT2D eigenvalue weighted by atomic mass is 16.6. The summed E-state index contributed by atoms with van der Waals surface area (Å²) in [5.74, 6) is 0.340.